The van der Waals surface area contributed by atoms with E-state index in [9.17, 15) is 0 Å². The van der Waals surface area contributed by atoms with Gasteiger partial charge in [-0.25, -0.2) is 0 Å². The zero-order valence-corrected chi connectivity index (χ0v) is 12.8. The lowest BCUT2D eigenvalue weighted by atomic mass is 10.1. The highest BCUT2D eigenvalue weighted by atomic mass is 16.5. The van der Waals surface area contributed by atoms with E-state index < -0.39 is 0 Å². The molecule has 1 aromatic carbocycles. The summed E-state index contributed by atoms with van der Waals surface area (Å²) in [6.45, 7) is 6.11. The van der Waals surface area contributed by atoms with Crippen LogP contribution in [-0.2, 0) is 11.3 Å². The van der Waals surface area contributed by atoms with Crippen LogP contribution in [0.15, 0.2) is 24.3 Å². The van der Waals surface area contributed by atoms with E-state index in [0.29, 0.717) is 12.5 Å². The first kappa shape index (κ1) is 16.0. The molecule has 1 atom stereocenters. The van der Waals surface area contributed by atoms with Crippen molar-refractivity contribution in [2.45, 2.75) is 38.8 Å². The normalized spacial score (nSPS) is 19.0. The molecule has 1 heterocycles. The van der Waals surface area contributed by atoms with Crippen molar-refractivity contribution >= 4 is 0 Å². The Morgan fingerprint density at radius 1 is 1.43 bits per heavy atom. The summed E-state index contributed by atoms with van der Waals surface area (Å²) in [4.78, 5) is 2.46. The summed E-state index contributed by atoms with van der Waals surface area (Å²) in [7, 11) is 0. The Hall–Kier alpha value is -1.34. The standard InChI is InChI=1S/C18H25NO2/c1-2-21-18-10-6-11-19(15-18)14-17-9-5-8-16(13-17)7-3-4-12-20/h5,8-9,13,18,20H,2,4,6,10-12,14-15H2,1H3. The fourth-order valence-corrected chi connectivity index (χ4v) is 2.75. The minimum Gasteiger partial charge on any atom is -0.395 e. The molecule has 1 aliphatic heterocycles. The maximum atomic E-state index is 8.76. The van der Waals surface area contributed by atoms with E-state index in [-0.39, 0.29) is 6.61 Å². The average Bonchev–Trinajstić information content (AvgIpc) is 2.49. The molecule has 0 saturated carbocycles. The number of piperidine rings is 1. The van der Waals surface area contributed by atoms with E-state index in [1.165, 1.54) is 18.4 Å². The lowest BCUT2D eigenvalue weighted by Gasteiger charge is -2.32. The molecule has 0 spiro atoms. The monoisotopic (exact) mass is 287 g/mol. The zero-order chi connectivity index (χ0) is 14.9. The Morgan fingerprint density at radius 3 is 3.14 bits per heavy atom. The van der Waals surface area contributed by atoms with Gasteiger partial charge >= 0.3 is 0 Å². The molecule has 1 saturated heterocycles. The number of aliphatic hydroxyl groups is 1. The second-order valence-electron chi connectivity index (χ2n) is 5.43. The molecule has 0 amide bonds. The first-order chi connectivity index (χ1) is 10.3. The van der Waals surface area contributed by atoms with E-state index in [2.05, 4.69) is 41.9 Å². The van der Waals surface area contributed by atoms with Crippen molar-refractivity contribution in [2.75, 3.05) is 26.3 Å². The van der Waals surface area contributed by atoms with Crippen LogP contribution in [0, 0.1) is 11.8 Å². The number of aliphatic hydroxyl groups excluding tert-OH is 1. The predicted octanol–water partition coefficient (Wildman–Crippen LogP) is 2.42. The first-order valence-electron chi connectivity index (χ1n) is 7.84. The fourth-order valence-electron chi connectivity index (χ4n) is 2.75. The second kappa shape index (κ2) is 8.84. The summed E-state index contributed by atoms with van der Waals surface area (Å²) in [6, 6.07) is 8.38. The van der Waals surface area contributed by atoms with E-state index in [1.807, 2.05) is 6.07 Å². The third-order valence-electron chi connectivity index (χ3n) is 3.67. The number of ether oxygens (including phenoxy) is 1. The van der Waals surface area contributed by atoms with Crippen LogP contribution in [0.2, 0.25) is 0 Å². The van der Waals surface area contributed by atoms with Gasteiger partial charge in [0.1, 0.15) is 0 Å². The molecule has 0 bridgehead atoms. The number of hydrogen-bond donors (Lipinski definition) is 1. The summed E-state index contributed by atoms with van der Waals surface area (Å²) >= 11 is 0. The molecular weight excluding hydrogens is 262 g/mol. The van der Waals surface area contributed by atoms with Gasteiger partial charge in [-0.05, 0) is 44.0 Å². The summed E-state index contributed by atoms with van der Waals surface area (Å²) in [5.41, 5.74) is 2.32. The molecule has 1 fully saturated rings. The van der Waals surface area contributed by atoms with Gasteiger partial charge < -0.3 is 9.84 Å². The molecule has 0 aromatic heterocycles. The number of nitrogens with zero attached hydrogens (tertiary/aromatic N) is 1. The van der Waals surface area contributed by atoms with E-state index >= 15 is 0 Å². The molecular formula is C18H25NO2. The van der Waals surface area contributed by atoms with Crippen molar-refractivity contribution in [1.29, 1.82) is 0 Å². The van der Waals surface area contributed by atoms with Gasteiger partial charge in [-0.2, -0.15) is 0 Å². The molecule has 3 nitrogen and oxygen atoms in total. The molecule has 0 aliphatic carbocycles. The summed E-state index contributed by atoms with van der Waals surface area (Å²) in [6.07, 6.45) is 3.31. The Kier molecular flexibility index (Phi) is 6.75. The van der Waals surface area contributed by atoms with Gasteiger partial charge in [0, 0.05) is 31.7 Å². The Morgan fingerprint density at radius 2 is 2.33 bits per heavy atom. The number of hydrogen-bond acceptors (Lipinski definition) is 3. The lowest BCUT2D eigenvalue weighted by Crippen LogP contribution is -2.39. The quantitative estimate of drug-likeness (QED) is 0.844. The van der Waals surface area contributed by atoms with E-state index in [1.54, 1.807) is 0 Å². The fraction of sp³-hybridized carbons (Fsp3) is 0.556. The Labute approximate surface area is 127 Å². The molecule has 1 aromatic rings. The highest BCUT2D eigenvalue weighted by Crippen LogP contribution is 2.16. The third kappa shape index (κ3) is 5.51. The maximum Gasteiger partial charge on any atom is 0.0702 e. The number of rotatable bonds is 5. The predicted molar refractivity (Wildman–Crippen MR) is 84.9 cm³/mol. The highest BCUT2D eigenvalue weighted by Gasteiger charge is 2.19. The van der Waals surface area contributed by atoms with Crippen LogP contribution in [0.4, 0.5) is 0 Å². The van der Waals surface area contributed by atoms with Crippen molar-refractivity contribution in [3.63, 3.8) is 0 Å². The largest absolute Gasteiger partial charge is 0.395 e. The number of benzene rings is 1. The van der Waals surface area contributed by atoms with Gasteiger partial charge in [-0.3, -0.25) is 4.90 Å². The molecule has 1 unspecified atom stereocenters. The Bertz CT molecular complexity index is 487. The summed E-state index contributed by atoms with van der Waals surface area (Å²) < 4.78 is 5.75. The van der Waals surface area contributed by atoms with Crippen LogP contribution < -0.4 is 0 Å². The molecule has 114 valence electrons. The number of likely N-dealkylation sites (tertiary alicyclic amines) is 1. The van der Waals surface area contributed by atoms with Crippen LogP contribution in [-0.4, -0.2) is 42.4 Å². The molecule has 2 rings (SSSR count). The van der Waals surface area contributed by atoms with Gasteiger partial charge in [0.05, 0.1) is 12.7 Å². The van der Waals surface area contributed by atoms with Gasteiger partial charge in [0.2, 0.25) is 0 Å². The van der Waals surface area contributed by atoms with Crippen LogP contribution in [0.1, 0.15) is 37.3 Å². The van der Waals surface area contributed by atoms with Crippen molar-refractivity contribution < 1.29 is 9.84 Å². The Balaban J connectivity index is 1.93. The molecule has 1 N–H and O–H groups in total. The van der Waals surface area contributed by atoms with Crippen molar-refractivity contribution in [3.05, 3.63) is 35.4 Å². The van der Waals surface area contributed by atoms with Crippen LogP contribution in [0.3, 0.4) is 0 Å². The second-order valence-corrected chi connectivity index (χ2v) is 5.43. The topological polar surface area (TPSA) is 32.7 Å². The van der Waals surface area contributed by atoms with Crippen LogP contribution in [0.5, 0.6) is 0 Å². The molecule has 0 radical (unpaired) electrons. The molecule has 1 aliphatic rings. The first-order valence-corrected chi connectivity index (χ1v) is 7.84. The van der Waals surface area contributed by atoms with Gasteiger partial charge in [-0.15, -0.1) is 0 Å². The van der Waals surface area contributed by atoms with Gasteiger partial charge in [0.25, 0.3) is 0 Å². The summed E-state index contributed by atoms with van der Waals surface area (Å²) in [5.74, 6) is 6.07. The zero-order valence-electron chi connectivity index (χ0n) is 12.8. The van der Waals surface area contributed by atoms with Crippen molar-refractivity contribution in [1.82, 2.24) is 4.90 Å². The molecule has 3 heteroatoms. The van der Waals surface area contributed by atoms with Crippen molar-refractivity contribution in [3.8, 4) is 11.8 Å². The summed E-state index contributed by atoms with van der Waals surface area (Å²) in [5, 5.41) is 8.76. The van der Waals surface area contributed by atoms with Crippen LogP contribution in [0.25, 0.3) is 0 Å². The SMILES string of the molecule is CCOC1CCCN(Cc2cccc(C#CCCO)c2)C1. The highest BCUT2D eigenvalue weighted by molar-refractivity contribution is 5.37. The maximum absolute atomic E-state index is 8.76. The average molecular weight is 287 g/mol. The molecule has 21 heavy (non-hydrogen) atoms. The minimum absolute atomic E-state index is 0.124. The van der Waals surface area contributed by atoms with Crippen molar-refractivity contribution in [2.24, 2.45) is 0 Å². The third-order valence-corrected chi connectivity index (χ3v) is 3.67. The van der Waals surface area contributed by atoms with Gasteiger partial charge in [0.15, 0.2) is 0 Å². The van der Waals surface area contributed by atoms with E-state index in [4.69, 9.17) is 9.84 Å². The van der Waals surface area contributed by atoms with Gasteiger partial charge in [-0.1, -0.05) is 24.0 Å². The smallest absolute Gasteiger partial charge is 0.0702 e. The minimum atomic E-state index is 0.124. The van der Waals surface area contributed by atoms with E-state index in [0.717, 1.165) is 31.8 Å². The van der Waals surface area contributed by atoms with Crippen LogP contribution >= 0.6 is 0 Å². The lowest BCUT2D eigenvalue weighted by molar-refractivity contribution is 0.00363.